The lowest BCUT2D eigenvalue weighted by molar-refractivity contribution is 0.0834. The summed E-state index contributed by atoms with van der Waals surface area (Å²) in [6, 6.07) is 12.3. The van der Waals surface area contributed by atoms with Gasteiger partial charge in [-0.05, 0) is 36.1 Å². The Hall–Kier alpha value is -2.93. The molecule has 5 nitrogen and oxygen atoms in total. The summed E-state index contributed by atoms with van der Waals surface area (Å²) in [6.45, 7) is 1.45. The van der Waals surface area contributed by atoms with Crippen molar-refractivity contribution >= 4 is 16.7 Å². The first-order valence-corrected chi connectivity index (χ1v) is 9.31. The molecule has 0 saturated carbocycles. The lowest BCUT2D eigenvalue weighted by Gasteiger charge is -2.20. The molecule has 0 atom stereocenters. The maximum absolute atomic E-state index is 12.8. The molecule has 5 rings (SSSR count). The molecule has 0 spiro atoms. The van der Waals surface area contributed by atoms with Crippen molar-refractivity contribution in [3.05, 3.63) is 60.0 Å². The van der Waals surface area contributed by atoms with Crippen molar-refractivity contribution in [1.29, 1.82) is 0 Å². The van der Waals surface area contributed by atoms with Crippen LogP contribution in [0.3, 0.4) is 0 Å². The molecule has 0 amide bonds. The van der Waals surface area contributed by atoms with E-state index < -0.39 is 6.43 Å². The minimum atomic E-state index is -2.46. The van der Waals surface area contributed by atoms with E-state index in [1.165, 1.54) is 12.1 Å². The van der Waals surface area contributed by atoms with Crippen molar-refractivity contribution in [3.63, 3.8) is 0 Å². The Morgan fingerprint density at radius 3 is 2.46 bits per heavy atom. The molecule has 28 heavy (non-hydrogen) atoms. The highest BCUT2D eigenvalue weighted by molar-refractivity contribution is 5.83. The zero-order chi connectivity index (χ0) is 19.1. The Balaban J connectivity index is 1.65. The third kappa shape index (κ3) is 2.92. The molecule has 1 aliphatic rings. The summed E-state index contributed by atoms with van der Waals surface area (Å²) < 4.78 is 33.2. The van der Waals surface area contributed by atoms with Gasteiger partial charge in [-0.1, -0.05) is 30.3 Å². The average Bonchev–Trinajstić information content (AvgIpc) is 3.19. The van der Waals surface area contributed by atoms with E-state index in [0.717, 1.165) is 54.0 Å². The van der Waals surface area contributed by atoms with E-state index in [2.05, 4.69) is 19.6 Å². The van der Waals surface area contributed by atoms with Crippen LogP contribution in [-0.4, -0.2) is 32.8 Å². The molecule has 0 aliphatic carbocycles. The van der Waals surface area contributed by atoms with Gasteiger partial charge in [0, 0.05) is 24.7 Å². The van der Waals surface area contributed by atoms with Gasteiger partial charge < -0.3 is 4.74 Å². The van der Waals surface area contributed by atoms with Crippen LogP contribution < -0.4 is 0 Å². The van der Waals surface area contributed by atoms with Gasteiger partial charge in [-0.25, -0.2) is 8.78 Å². The standard InChI is InChI=1S/C21H18F2N4O/c22-20(23)14-3-1-13(2-4-14)16-5-6-17-18(11-16)27-19(12-24-17)25-26-21(27)15-7-9-28-10-8-15/h1-6,11-12,15,20H,7-10H2. The molecule has 2 aromatic carbocycles. The molecular formula is C21H18F2N4O. The largest absolute Gasteiger partial charge is 0.381 e. The first kappa shape index (κ1) is 17.2. The smallest absolute Gasteiger partial charge is 0.263 e. The second-order valence-electron chi connectivity index (χ2n) is 7.02. The molecule has 0 unspecified atom stereocenters. The number of hydrogen-bond acceptors (Lipinski definition) is 4. The van der Waals surface area contributed by atoms with Crippen LogP contribution in [0.1, 0.15) is 36.6 Å². The van der Waals surface area contributed by atoms with Crippen LogP contribution in [0.4, 0.5) is 8.78 Å². The highest BCUT2D eigenvalue weighted by Gasteiger charge is 2.22. The highest BCUT2D eigenvalue weighted by Crippen LogP contribution is 2.30. The van der Waals surface area contributed by atoms with Crippen LogP contribution in [0.2, 0.25) is 0 Å². The van der Waals surface area contributed by atoms with Gasteiger partial charge in [0.25, 0.3) is 6.43 Å². The number of benzene rings is 2. The number of rotatable bonds is 3. The van der Waals surface area contributed by atoms with E-state index in [-0.39, 0.29) is 5.56 Å². The van der Waals surface area contributed by atoms with Crippen LogP contribution in [0.25, 0.3) is 27.8 Å². The minimum Gasteiger partial charge on any atom is -0.381 e. The summed E-state index contributed by atoms with van der Waals surface area (Å²) in [7, 11) is 0. The lowest BCUT2D eigenvalue weighted by Crippen LogP contribution is -2.16. The number of alkyl halides is 2. The molecule has 0 bridgehead atoms. The molecule has 1 saturated heterocycles. The van der Waals surface area contributed by atoms with Gasteiger partial charge in [0.2, 0.25) is 0 Å². The van der Waals surface area contributed by atoms with Crippen LogP contribution in [-0.2, 0) is 4.74 Å². The SMILES string of the molecule is FC(F)c1ccc(-c2ccc3ncc4nnc(C5CCOCC5)n4c3c2)cc1. The van der Waals surface area contributed by atoms with E-state index in [1.807, 2.05) is 18.2 Å². The summed E-state index contributed by atoms with van der Waals surface area (Å²) in [5.74, 6) is 1.22. The summed E-state index contributed by atoms with van der Waals surface area (Å²) in [5.41, 5.74) is 4.31. The van der Waals surface area contributed by atoms with Gasteiger partial charge in [0.15, 0.2) is 5.65 Å². The second-order valence-corrected chi connectivity index (χ2v) is 7.02. The summed E-state index contributed by atoms with van der Waals surface area (Å²) in [5, 5.41) is 8.74. The molecule has 0 N–H and O–H groups in total. The van der Waals surface area contributed by atoms with Crippen LogP contribution >= 0.6 is 0 Å². The molecule has 4 aromatic rings. The van der Waals surface area contributed by atoms with Crippen LogP contribution in [0, 0.1) is 0 Å². The Labute approximate surface area is 160 Å². The second kappa shape index (κ2) is 6.91. The first-order chi connectivity index (χ1) is 13.7. The fraction of sp³-hybridized carbons (Fsp3) is 0.286. The highest BCUT2D eigenvalue weighted by atomic mass is 19.3. The average molecular weight is 380 g/mol. The van der Waals surface area contributed by atoms with E-state index in [0.29, 0.717) is 11.6 Å². The molecular weight excluding hydrogens is 362 g/mol. The summed E-state index contributed by atoms with van der Waals surface area (Å²) >= 11 is 0. The molecule has 2 aromatic heterocycles. The van der Waals surface area contributed by atoms with E-state index in [1.54, 1.807) is 18.3 Å². The van der Waals surface area contributed by atoms with Gasteiger partial charge in [0.1, 0.15) is 5.82 Å². The van der Waals surface area contributed by atoms with Gasteiger partial charge in [-0.15, -0.1) is 10.2 Å². The molecule has 1 fully saturated rings. The molecule has 3 heterocycles. The number of aromatic nitrogens is 4. The Morgan fingerprint density at radius 1 is 0.964 bits per heavy atom. The molecule has 142 valence electrons. The number of fused-ring (bicyclic) bond motifs is 3. The third-order valence-corrected chi connectivity index (χ3v) is 5.33. The van der Waals surface area contributed by atoms with Gasteiger partial charge >= 0.3 is 0 Å². The normalized spacial score (nSPS) is 15.7. The quantitative estimate of drug-likeness (QED) is 0.513. The fourth-order valence-electron chi connectivity index (χ4n) is 3.80. The fourth-order valence-corrected chi connectivity index (χ4v) is 3.80. The van der Waals surface area contributed by atoms with Crippen LogP contribution in [0.15, 0.2) is 48.7 Å². The predicted molar refractivity (Wildman–Crippen MR) is 101 cm³/mol. The number of hydrogen-bond donors (Lipinski definition) is 0. The Morgan fingerprint density at radius 2 is 1.71 bits per heavy atom. The number of ether oxygens (including phenoxy) is 1. The monoisotopic (exact) mass is 380 g/mol. The number of halogens is 2. The van der Waals surface area contributed by atoms with Gasteiger partial charge in [-0.2, -0.15) is 0 Å². The predicted octanol–water partition coefficient (Wildman–Crippen LogP) is 4.78. The van der Waals surface area contributed by atoms with Gasteiger partial charge in [-0.3, -0.25) is 9.38 Å². The third-order valence-electron chi connectivity index (χ3n) is 5.33. The Kier molecular flexibility index (Phi) is 4.24. The number of nitrogens with zero attached hydrogens (tertiary/aromatic N) is 4. The van der Waals surface area contributed by atoms with Crippen molar-refractivity contribution < 1.29 is 13.5 Å². The summed E-state index contributed by atoms with van der Waals surface area (Å²) in [4.78, 5) is 4.49. The zero-order valence-electron chi connectivity index (χ0n) is 15.1. The molecule has 0 radical (unpaired) electrons. The molecule has 7 heteroatoms. The van der Waals surface area contributed by atoms with E-state index in [4.69, 9.17) is 4.74 Å². The van der Waals surface area contributed by atoms with Crippen molar-refractivity contribution in [3.8, 4) is 11.1 Å². The van der Waals surface area contributed by atoms with Crippen molar-refractivity contribution in [2.24, 2.45) is 0 Å². The van der Waals surface area contributed by atoms with E-state index >= 15 is 0 Å². The van der Waals surface area contributed by atoms with Crippen molar-refractivity contribution in [2.45, 2.75) is 25.2 Å². The Bertz CT molecular complexity index is 1130. The topological polar surface area (TPSA) is 52.3 Å². The van der Waals surface area contributed by atoms with Gasteiger partial charge in [0.05, 0.1) is 17.2 Å². The summed E-state index contributed by atoms with van der Waals surface area (Å²) in [6.07, 6.45) is 1.10. The molecule has 1 aliphatic heterocycles. The maximum Gasteiger partial charge on any atom is 0.263 e. The minimum absolute atomic E-state index is 0.0224. The van der Waals surface area contributed by atoms with Crippen LogP contribution in [0.5, 0.6) is 0 Å². The zero-order valence-corrected chi connectivity index (χ0v) is 15.1. The van der Waals surface area contributed by atoms with Crippen molar-refractivity contribution in [1.82, 2.24) is 19.6 Å². The van der Waals surface area contributed by atoms with E-state index in [9.17, 15) is 8.78 Å². The van der Waals surface area contributed by atoms with Crippen molar-refractivity contribution in [2.75, 3.05) is 13.2 Å². The maximum atomic E-state index is 12.8. The first-order valence-electron chi connectivity index (χ1n) is 9.31. The lowest BCUT2D eigenvalue weighted by atomic mass is 9.99.